The van der Waals surface area contributed by atoms with E-state index in [1.807, 2.05) is 0 Å². The van der Waals surface area contributed by atoms with Crippen LogP contribution in [0.2, 0.25) is 0 Å². The van der Waals surface area contributed by atoms with Crippen LogP contribution < -0.4 is 4.90 Å². The van der Waals surface area contributed by atoms with Gasteiger partial charge in [0.2, 0.25) is 11.8 Å². The monoisotopic (exact) mass is 547 g/mol. The Morgan fingerprint density at radius 1 is 1.03 bits per heavy atom. The number of anilines is 1. The number of allylic oxidation sites excluding steroid dienone is 1. The normalized spacial score (nSPS) is 18.5. The van der Waals surface area contributed by atoms with Gasteiger partial charge in [-0.05, 0) is 43.7 Å². The molecule has 0 aromatic heterocycles. The molecule has 0 saturated carbocycles. The molecule has 2 amide bonds. The number of amides is 2. The van der Waals surface area contributed by atoms with Crippen molar-refractivity contribution in [1.29, 1.82) is 0 Å². The highest BCUT2D eigenvalue weighted by Gasteiger charge is 2.39. The van der Waals surface area contributed by atoms with Crippen molar-refractivity contribution >= 4 is 23.5 Å². The summed E-state index contributed by atoms with van der Waals surface area (Å²) in [6.07, 6.45) is -4.66. The van der Waals surface area contributed by atoms with Crippen LogP contribution in [-0.2, 0) is 25.3 Å². The van der Waals surface area contributed by atoms with Crippen LogP contribution in [0.15, 0.2) is 59.8 Å². The molecule has 1 fully saturated rings. The molecule has 2 aromatic rings. The summed E-state index contributed by atoms with van der Waals surface area (Å²) in [6.45, 7) is 4.09. The highest BCUT2D eigenvalue weighted by molar-refractivity contribution is 5.97. The Labute approximate surface area is 223 Å². The summed E-state index contributed by atoms with van der Waals surface area (Å²) in [6, 6.07) is 10.9. The molecule has 0 radical (unpaired) electrons. The first-order chi connectivity index (χ1) is 18.5. The van der Waals surface area contributed by atoms with Gasteiger partial charge in [-0.1, -0.05) is 24.3 Å². The van der Waals surface area contributed by atoms with E-state index in [4.69, 9.17) is 4.74 Å². The number of halogens is 4. The minimum absolute atomic E-state index is 0.0860. The number of carbonyl (C=O) groups is 3. The maximum atomic E-state index is 14.6. The number of hydrogen-bond donors (Lipinski definition) is 0. The van der Waals surface area contributed by atoms with Gasteiger partial charge < -0.3 is 19.4 Å². The summed E-state index contributed by atoms with van der Waals surface area (Å²) in [5.74, 6) is -2.86. The van der Waals surface area contributed by atoms with Crippen molar-refractivity contribution in [1.82, 2.24) is 9.80 Å². The van der Waals surface area contributed by atoms with E-state index in [2.05, 4.69) is 0 Å². The Hall–Kier alpha value is -3.89. The first-order valence-electron chi connectivity index (χ1n) is 12.6. The number of carbonyl (C=O) groups excluding carboxylic acids is 3. The summed E-state index contributed by atoms with van der Waals surface area (Å²) in [4.78, 5) is 43.7. The highest BCUT2D eigenvalue weighted by Crippen LogP contribution is 2.38. The second-order valence-corrected chi connectivity index (χ2v) is 9.39. The van der Waals surface area contributed by atoms with Gasteiger partial charge in [-0.3, -0.25) is 9.59 Å². The van der Waals surface area contributed by atoms with Crippen LogP contribution in [0.25, 0.3) is 0 Å². The second-order valence-electron chi connectivity index (χ2n) is 9.39. The Morgan fingerprint density at radius 2 is 1.72 bits per heavy atom. The lowest BCUT2D eigenvalue weighted by Gasteiger charge is -2.38. The predicted molar refractivity (Wildman–Crippen MR) is 135 cm³/mol. The van der Waals surface area contributed by atoms with Gasteiger partial charge in [0, 0.05) is 49.9 Å². The third-order valence-electron chi connectivity index (χ3n) is 7.06. The van der Waals surface area contributed by atoms with Crippen LogP contribution in [0.4, 0.5) is 23.2 Å². The van der Waals surface area contributed by atoms with E-state index in [-0.39, 0.29) is 55.4 Å². The van der Waals surface area contributed by atoms with Crippen molar-refractivity contribution in [2.24, 2.45) is 0 Å². The molecule has 1 saturated heterocycles. The van der Waals surface area contributed by atoms with Gasteiger partial charge in [0.15, 0.2) is 0 Å². The number of ether oxygens (including phenoxy) is 1. The van der Waals surface area contributed by atoms with Crippen LogP contribution in [0.5, 0.6) is 0 Å². The quantitative estimate of drug-likeness (QED) is 0.398. The molecule has 39 heavy (non-hydrogen) atoms. The Kier molecular flexibility index (Phi) is 8.27. The molecule has 208 valence electrons. The van der Waals surface area contributed by atoms with E-state index >= 15 is 0 Å². The van der Waals surface area contributed by atoms with E-state index in [1.54, 1.807) is 24.0 Å². The average molecular weight is 548 g/mol. The fourth-order valence-electron chi connectivity index (χ4n) is 5.03. The lowest BCUT2D eigenvalue weighted by molar-refractivity contribution is -0.142. The van der Waals surface area contributed by atoms with E-state index in [0.717, 1.165) is 12.1 Å². The molecule has 0 N–H and O–H groups in total. The lowest BCUT2D eigenvalue weighted by atomic mass is 9.83. The molecular weight excluding hydrogens is 518 g/mol. The standard InChI is InChI=1S/C28H29F4N3O4/c1-3-39-27(38)26-18(2)35(24(36)16-22(26)21-9-4-5-10-23(21)29)17-25(37)34-13-11-33(12-14-34)20-8-6-7-19(15-20)28(30,31)32/h4-10,15,22H,3,11-14,16-17H2,1-2H3. The molecule has 1 unspecified atom stereocenters. The Balaban J connectivity index is 1.49. The van der Waals surface area contributed by atoms with Gasteiger partial charge in [0.05, 0.1) is 17.7 Å². The molecule has 7 nitrogen and oxygen atoms in total. The zero-order chi connectivity index (χ0) is 28.3. The van der Waals surface area contributed by atoms with Gasteiger partial charge in [0.25, 0.3) is 0 Å². The highest BCUT2D eigenvalue weighted by atomic mass is 19.4. The Morgan fingerprint density at radius 3 is 2.36 bits per heavy atom. The average Bonchev–Trinajstić information content (AvgIpc) is 2.90. The fraction of sp³-hybridized carbons (Fsp3) is 0.393. The zero-order valence-electron chi connectivity index (χ0n) is 21.6. The summed E-state index contributed by atoms with van der Waals surface area (Å²) < 4.78 is 59.1. The zero-order valence-corrected chi connectivity index (χ0v) is 21.6. The maximum absolute atomic E-state index is 14.6. The molecule has 2 heterocycles. The van der Waals surface area contributed by atoms with Crippen molar-refractivity contribution in [2.75, 3.05) is 44.2 Å². The fourth-order valence-corrected chi connectivity index (χ4v) is 5.03. The number of esters is 1. The third-order valence-corrected chi connectivity index (χ3v) is 7.06. The van der Waals surface area contributed by atoms with E-state index in [1.165, 1.54) is 41.0 Å². The van der Waals surface area contributed by atoms with Gasteiger partial charge in [-0.2, -0.15) is 13.2 Å². The number of piperazine rings is 1. The lowest BCUT2D eigenvalue weighted by Crippen LogP contribution is -2.52. The number of nitrogens with zero attached hydrogens (tertiary/aromatic N) is 3. The number of hydrogen-bond acceptors (Lipinski definition) is 5. The SMILES string of the molecule is CCOC(=O)C1=C(C)N(CC(=O)N2CCN(c3cccc(C(F)(F)F)c3)CC2)C(=O)CC1c1ccccc1F. The van der Waals surface area contributed by atoms with Gasteiger partial charge in [-0.15, -0.1) is 0 Å². The third kappa shape index (κ3) is 6.07. The van der Waals surface area contributed by atoms with Crippen molar-refractivity contribution < 1.29 is 36.7 Å². The Bertz CT molecular complexity index is 1290. The first-order valence-corrected chi connectivity index (χ1v) is 12.6. The van der Waals surface area contributed by atoms with Crippen molar-refractivity contribution in [3.05, 3.63) is 76.7 Å². The maximum Gasteiger partial charge on any atom is 0.416 e. The van der Waals surface area contributed by atoms with Crippen LogP contribution in [0.1, 0.15) is 37.3 Å². The molecule has 0 spiro atoms. The first kappa shape index (κ1) is 28.1. The minimum Gasteiger partial charge on any atom is -0.463 e. The minimum atomic E-state index is -4.45. The number of rotatable bonds is 6. The molecule has 4 rings (SSSR count). The van der Waals surface area contributed by atoms with Gasteiger partial charge in [-0.25, -0.2) is 9.18 Å². The summed E-state index contributed by atoms with van der Waals surface area (Å²) in [5, 5.41) is 0. The molecule has 0 bridgehead atoms. The summed E-state index contributed by atoms with van der Waals surface area (Å²) in [5.41, 5.74) is 0.234. The van der Waals surface area contributed by atoms with Gasteiger partial charge >= 0.3 is 12.1 Å². The second kappa shape index (κ2) is 11.5. The predicted octanol–water partition coefficient (Wildman–Crippen LogP) is 4.35. The molecule has 0 aliphatic carbocycles. The van der Waals surface area contributed by atoms with Crippen molar-refractivity contribution in [3.8, 4) is 0 Å². The molecular formula is C28H29F4N3O4. The van der Waals surface area contributed by atoms with Gasteiger partial charge in [0.1, 0.15) is 12.4 Å². The molecule has 11 heteroatoms. The molecule has 2 aliphatic heterocycles. The molecule has 2 aliphatic rings. The van der Waals surface area contributed by atoms with Crippen molar-refractivity contribution in [2.45, 2.75) is 32.4 Å². The van der Waals surface area contributed by atoms with Crippen LogP contribution in [-0.4, -0.2) is 66.9 Å². The number of benzene rings is 2. The number of alkyl halides is 3. The van der Waals surface area contributed by atoms with E-state index in [0.29, 0.717) is 18.8 Å². The largest absolute Gasteiger partial charge is 0.463 e. The van der Waals surface area contributed by atoms with E-state index in [9.17, 15) is 31.9 Å². The van der Waals surface area contributed by atoms with Crippen LogP contribution in [0, 0.1) is 5.82 Å². The van der Waals surface area contributed by atoms with Crippen molar-refractivity contribution in [3.63, 3.8) is 0 Å². The molecule has 2 aromatic carbocycles. The molecule has 1 atom stereocenters. The van der Waals surface area contributed by atoms with Crippen LogP contribution >= 0.6 is 0 Å². The summed E-state index contributed by atoms with van der Waals surface area (Å²) in [7, 11) is 0. The smallest absolute Gasteiger partial charge is 0.416 e. The summed E-state index contributed by atoms with van der Waals surface area (Å²) >= 11 is 0. The van der Waals surface area contributed by atoms with Crippen LogP contribution in [0.3, 0.4) is 0 Å². The van der Waals surface area contributed by atoms with E-state index < -0.39 is 35.4 Å². The topological polar surface area (TPSA) is 70.2 Å².